The van der Waals surface area contributed by atoms with E-state index < -0.39 is 0 Å². The Kier molecular flexibility index (Phi) is 4.24. The van der Waals surface area contributed by atoms with E-state index in [1.165, 1.54) is 12.8 Å². The van der Waals surface area contributed by atoms with Gasteiger partial charge in [-0.1, -0.05) is 34.4 Å². The summed E-state index contributed by atoms with van der Waals surface area (Å²) >= 11 is 12.0. The SMILES string of the molecule is Clc1ccc(Cc2noc(CC3CCCN3)n2)c(Cl)c1. The lowest BCUT2D eigenvalue weighted by Crippen LogP contribution is -2.23. The van der Waals surface area contributed by atoms with Crippen molar-refractivity contribution in [3.05, 3.63) is 45.5 Å². The summed E-state index contributed by atoms with van der Waals surface area (Å²) in [5, 5.41) is 8.68. The summed E-state index contributed by atoms with van der Waals surface area (Å²) in [5.74, 6) is 1.34. The molecule has 1 aromatic carbocycles. The molecule has 1 N–H and O–H groups in total. The van der Waals surface area contributed by atoms with E-state index in [0.29, 0.717) is 34.2 Å². The molecule has 20 heavy (non-hydrogen) atoms. The van der Waals surface area contributed by atoms with Crippen LogP contribution in [0.25, 0.3) is 0 Å². The van der Waals surface area contributed by atoms with Crippen molar-refractivity contribution in [1.29, 1.82) is 0 Å². The van der Waals surface area contributed by atoms with E-state index in [1.54, 1.807) is 6.07 Å². The molecular weight excluding hydrogens is 297 g/mol. The highest BCUT2D eigenvalue weighted by Gasteiger charge is 2.18. The maximum atomic E-state index is 6.14. The van der Waals surface area contributed by atoms with Crippen molar-refractivity contribution in [1.82, 2.24) is 15.5 Å². The second-order valence-electron chi connectivity index (χ2n) is 5.01. The van der Waals surface area contributed by atoms with Crippen LogP contribution in [0.15, 0.2) is 22.7 Å². The first-order valence-electron chi connectivity index (χ1n) is 6.69. The molecule has 3 rings (SSSR count). The Hall–Kier alpha value is -1.10. The number of benzene rings is 1. The van der Waals surface area contributed by atoms with Crippen LogP contribution in [-0.2, 0) is 12.8 Å². The summed E-state index contributed by atoms with van der Waals surface area (Å²) in [5.41, 5.74) is 0.947. The van der Waals surface area contributed by atoms with Crippen LogP contribution in [-0.4, -0.2) is 22.7 Å². The predicted octanol–water partition coefficient (Wildman–Crippen LogP) is 3.26. The molecule has 1 fully saturated rings. The van der Waals surface area contributed by atoms with Crippen molar-refractivity contribution < 1.29 is 4.52 Å². The molecule has 1 saturated heterocycles. The molecule has 1 aromatic heterocycles. The monoisotopic (exact) mass is 311 g/mol. The molecule has 0 aliphatic carbocycles. The minimum Gasteiger partial charge on any atom is -0.339 e. The quantitative estimate of drug-likeness (QED) is 0.941. The lowest BCUT2D eigenvalue weighted by atomic mass is 10.1. The van der Waals surface area contributed by atoms with Gasteiger partial charge in [-0.3, -0.25) is 0 Å². The summed E-state index contributed by atoms with van der Waals surface area (Å²) in [6, 6.07) is 5.88. The lowest BCUT2D eigenvalue weighted by molar-refractivity contribution is 0.360. The van der Waals surface area contributed by atoms with Crippen LogP contribution in [0.2, 0.25) is 10.0 Å². The second-order valence-corrected chi connectivity index (χ2v) is 5.86. The molecule has 0 radical (unpaired) electrons. The molecular formula is C14H15Cl2N3O. The van der Waals surface area contributed by atoms with Crippen LogP contribution in [0.4, 0.5) is 0 Å². The summed E-state index contributed by atoms with van der Waals surface area (Å²) in [6.45, 7) is 1.08. The molecule has 6 heteroatoms. The number of aromatic nitrogens is 2. The number of hydrogen-bond acceptors (Lipinski definition) is 4. The summed E-state index contributed by atoms with van der Waals surface area (Å²) in [7, 11) is 0. The van der Waals surface area contributed by atoms with E-state index in [1.807, 2.05) is 12.1 Å². The van der Waals surface area contributed by atoms with E-state index in [-0.39, 0.29) is 0 Å². The van der Waals surface area contributed by atoms with E-state index >= 15 is 0 Å². The van der Waals surface area contributed by atoms with Crippen molar-refractivity contribution in [3.8, 4) is 0 Å². The Bertz CT molecular complexity index is 594. The maximum Gasteiger partial charge on any atom is 0.228 e. The number of halogens is 2. The Labute approximate surface area is 127 Å². The number of nitrogens with one attached hydrogen (secondary N) is 1. The highest BCUT2D eigenvalue weighted by atomic mass is 35.5. The molecule has 0 amide bonds. The molecule has 4 nitrogen and oxygen atoms in total. The van der Waals surface area contributed by atoms with Crippen LogP contribution in [0, 0.1) is 0 Å². The van der Waals surface area contributed by atoms with Gasteiger partial charge >= 0.3 is 0 Å². The molecule has 1 aliphatic rings. The van der Waals surface area contributed by atoms with Gasteiger partial charge in [0.1, 0.15) is 0 Å². The van der Waals surface area contributed by atoms with Gasteiger partial charge in [0.25, 0.3) is 0 Å². The van der Waals surface area contributed by atoms with Gasteiger partial charge in [-0.25, -0.2) is 0 Å². The summed E-state index contributed by atoms with van der Waals surface area (Å²) in [6.07, 6.45) is 3.73. The van der Waals surface area contributed by atoms with Crippen molar-refractivity contribution in [3.63, 3.8) is 0 Å². The average Bonchev–Trinajstić information content (AvgIpc) is 3.06. The molecule has 0 spiro atoms. The van der Waals surface area contributed by atoms with Gasteiger partial charge in [-0.2, -0.15) is 4.98 Å². The number of rotatable bonds is 4. The minimum absolute atomic E-state index is 0.461. The molecule has 2 aromatic rings. The fourth-order valence-corrected chi connectivity index (χ4v) is 2.90. The summed E-state index contributed by atoms with van der Waals surface area (Å²) in [4.78, 5) is 4.42. The highest BCUT2D eigenvalue weighted by molar-refractivity contribution is 6.35. The first-order valence-corrected chi connectivity index (χ1v) is 7.45. The topological polar surface area (TPSA) is 51.0 Å². The predicted molar refractivity (Wildman–Crippen MR) is 78.3 cm³/mol. The lowest BCUT2D eigenvalue weighted by Gasteiger charge is -2.04. The van der Waals surface area contributed by atoms with Gasteiger partial charge in [-0.15, -0.1) is 0 Å². The Morgan fingerprint density at radius 1 is 1.35 bits per heavy atom. The first kappa shape index (κ1) is 13.9. The number of hydrogen-bond donors (Lipinski definition) is 1. The first-order chi connectivity index (χ1) is 9.70. The third-order valence-electron chi connectivity index (χ3n) is 3.46. The van der Waals surface area contributed by atoms with Crippen LogP contribution < -0.4 is 5.32 Å². The van der Waals surface area contributed by atoms with Crippen molar-refractivity contribution in [2.24, 2.45) is 0 Å². The molecule has 1 aliphatic heterocycles. The molecule has 2 heterocycles. The Morgan fingerprint density at radius 3 is 3.00 bits per heavy atom. The average molecular weight is 312 g/mol. The third kappa shape index (κ3) is 3.32. The molecule has 1 unspecified atom stereocenters. The van der Waals surface area contributed by atoms with Gasteiger partial charge in [0.15, 0.2) is 5.82 Å². The summed E-state index contributed by atoms with van der Waals surface area (Å²) < 4.78 is 5.29. The highest BCUT2D eigenvalue weighted by Crippen LogP contribution is 2.22. The van der Waals surface area contributed by atoms with Gasteiger partial charge in [0, 0.05) is 28.9 Å². The van der Waals surface area contributed by atoms with Gasteiger partial charge < -0.3 is 9.84 Å². The van der Waals surface area contributed by atoms with Crippen LogP contribution >= 0.6 is 23.2 Å². The van der Waals surface area contributed by atoms with Crippen LogP contribution in [0.1, 0.15) is 30.1 Å². The van der Waals surface area contributed by atoms with Gasteiger partial charge in [0.05, 0.1) is 0 Å². The zero-order chi connectivity index (χ0) is 13.9. The third-order valence-corrected chi connectivity index (χ3v) is 4.04. The van der Waals surface area contributed by atoms with Crippen LogP contribution in [0.5, 0.6) is 0 Å². The van der Waals surface area contributed by atoms with E-state index in [0.717, 1.165) is 18.5 Å². The van der Waals surface area contributed by atoms with E-state index in [4.69, 9.17) is 27.7 Å². The fourth-order valence-electron chi connectivity index (χ4n) is 2.42. The second kappa shape index (κ2) is 6.12. The molecule has 0 bridgehead atoms. The molecule has 1 atom stereocenters. The molecule has 106 valence electrons. The Balaban J connectivity index is 1.67. The van der Waals surface area contributed by atoms with Crippen molar-refractivity contribution in [2.75, 3.05) is 6.54 Å². The number of nitrogens with zero attached hydrogens (tertiary/aromatic N) is 2. The van der Waals surface area contributed by atoms with E-state index in [2.05, 4.69) is 15.5 Å². The fraction of sp³-hybridized carbons (Fsp3) is 0.429. The minimum atomic E-state index is 0.461. The van der Waals surface area contributed by atoms with E-state index in [9.17, 15) is 0 Å². The zero-order valence-electron chi connectivity index (χ0n) is 10.9. The zero-order valence-corrected chi connectivity index (χ0v) is 12.4. The van der Waals surface area contributed by atoms with Crippen molar-refractivity contribution in [2.45, 2.75) is 31.7 Å². The van der Waals surface area contributed by atoms with Crippen LogP contribution in [0.3, 0.4) is 0 Å². The molecule has 0 saturated carbocycles. The van der Waals surface area contributed by atoms with Gasteiger partial charge in [-0.05, 0) is 37.1 Å². The standard InChI is InChI=1S/C14H15Cl2N3O/c15-10-4-3-9(12(16)7-10)6-13-18-14(20-19-13)8-11-2-1-5-17-11/h3-4,7,11,17H,1-2,5-6,8H2. The van der Waals surface area contributed by atoms with Crippen molar-refractivity contribution >= 4 is 23.2 Å². The smallest absolute Gasteiger partial charge is 0.228 e. The maximum absolute atomic E-state index is 6.14. The Morgan fingerprint density at radius 2 is 2.25 bits per heavy atom. The van der Waals surface area contributed by atoms with Gasteiger partial charge in [0.2, 0.25) is 5.89 Å². The normalized spacial score (nSPS) is 18.6. The largest absolute Gasteiger partial charge is 0.339 e.